The highest BCUT2D eigenvalue weighted by molar-refractivity contribution is 5.70. The van der Waals surface area contributed by atoms with Crippen LogP contribution in [-0.4, -0.2) is 52.8 Å². The van der Waals surface area contributed by atoms with E-state index in [4.69, 9.17) is 4.74 Å². The van der Waals surface area contributed by atoms with Crippen molar-refractivity contribution in [1.82, 2.24) is 10.2 Å². The first kappa shape index (κ1) is 18.0. The van der Waals surface area contributed by atoms with Gasteiger partial charge in [0.2, 0.25) is 0 Å². The molecule has 0 radical (unpaired) electrons. The van der Waals surface area contributed by atoms with Gasteiger partial charge in [0, 0.05) is 25.2 Å². The number of nitrogens with one attached hydrogen (secondary N) is 1. The SMILES string of the molecule is CC(C)(C)OC(=O)N1CCCC(NC2CCCC(C(=O)O)C2)C1. The summed E-state index contributed by atoms with van der Waals surface area (Å²) in [6.45, 7) is 6.99. The first-order valence-corrected chi connectivity index (χ1v) is 8.71. The van der Waals surface area contributed by atoms with Crippen LogP contribution >= 0.6 is 0 Å². The number of nitrogens with zero attached hydrogens (tertiary/aromatic N) is 1. The molecular formula is C17H30N2O4. The van der Waals surface area contributed by atoms with Crippen LogP contribution in [0.3, 0.4) is 0 Å². The summed E-state index contributed by atoms with van der Waals surface area (Å²) < 4.78 is 5.45. The molecule has 2 rings (SSSR count). The molecule has 1 amide bonds. The number of rotatable bonds is 3. The van der Waals surface area contributed by atoms with Crippen LogP contribution < -0.4 is 5.32 Å². The van der Waals surface area contributed by atoms with E-state index < -0.39 is 11.6 Å². The molecule has 3 atom stereocenters. The average Bonchev–Trinajstić information content (AvgIpc) is 2.46. The van der Waals surface area contributed by atoms with Crippen molar-refractivity contribution in [3.63, 3.8) is 0 Å². The van der Waals surface area contributed by atoms with Crippen LogP contribution in [0.4, 0.5) is 4.79 Å². The third kappa shape index (κ3) is 5.68. The molecule has 6 nitrogen and oxygen atoms in total. The maximum absolute atomic E-state index is 12.2. The lowest BCUT2D eigenvalue weighted by molar-refractivity contribution is -0.143. The van der Waals surface area contributed by atoms with E-state index in [1.54, 1.807) is 4.90 Å². The highest BCUT2D eigenvalue weighted by Crippen LogP contribution is 2.26. The Morgan fingerprint density at radius 3 is 2.48 bits per heavy atom. The van der Waals surface area contributed by atoms with Crippen LogP contribution in [0.5, 0.6) is 0 Å². The number of carboxylic acids is 1. The molecule has 0 aromatic carbocycles. The largest absolute Gasteiger partial charge is 0.481 e. The lowest BCUT2D eigenvalue weighted by Gasteiger charge is -2.37. The van der Waals surface area contributed by atoms with E-state index >= 15 is 0 Å². The second-order valence-electron chi connectivity index (χ2n) is 7.83. The van der Waals surface area contributed by atoms with E-state index in [0.29, 0.717) is 13.0 Å². The van der Waals surface area contributed by atoms with Gasteiger partial charge in [0.25, 0.3) is 0 Å². The van der Waals surface area contributed by atoms with Crippen LogP contribution in [-0.2, 0) is 9.53 Å². The zero-order chi connectivity index (χ0) is 17.0. The summed E-state index contributed by atoms with van der Waals surface area (Å²) in [4.78, 5) is 25.1. The van der Waals surface area contributed by atoms with E-state index in [1.165, 1.54) is 0 Å². The Morgan fingerprint density at radius 1 is 1.13 bits per heavy atom. The fraction of sp³-hybridized carbons (Fsp3) is 0.882. The molecule has 3 unspecified atom stereocenters. The van der Waals surface area contributed by atoms with Crippen molar-refractivity contribution < 1.29 is 19.4 Å². The third-order valence-electron chi connectivity index (χ3n) is 4.57. The van der Waals surface area contributed by atoms with E-state index in [9.17, 15) is 14.7 Å². The molecule has 1 heterocycles. The van der Waals surface area contributed by atoms with Crippen molar-refractivity contribution in [2.45, 2.75) is 77.0 Å². The molecule has 1 saturated carbocycles. The summed E-state index contributed by atoms with van der Waals surface area (Å²) in [5.41, 5.74) is -0.477. The number of carboxylic acid groups (broad SMARTS) is 1. The summed E-state index contributed by atoms with van der Waals surface area (Å²) in [6.07, 6.45) is 5.17. The normalized spacial score (nSPS) is 29.2. The van der Waals surface area contributed by atoms with Gasteiger partial charge in [0.15, 0.2) is 0 Å². The summed E-state index contributed by atoms with van der Waals surface area (Å²) >= 11 is 0. The van der Waals surface area contributed by atoms with Gasteiger partial charge in [-0.15, -0.1) is 0 Å². The van der Waals surface area contributed by atoms with Gasteiger partial charge in [0.1, 0.15) is 5.60 Å². The number of hydrogen-bond acceptors (Lipinski definition) is 4. The van der Waals surface area contributed by atoms with Gasteiger partial charge in [-0.1, -0.05) is 6.42 Å². The van der Waals surface area contributed by atoms with Gasteiger partial charge in [-0.3, -0.25) is 4.79 Å². The Labute approximate surface area is 138 Å². The summed E-state index contributed by atoms with van der Waals surface area (Å²) in [7, 11) is 0. The minimum atomic E-state index is -0.685. The van der Waals surface area contributed by atoms with Crippen molar-refractivity contribution >= 4 is 12.1 Å². The second-order valence-corrected chi connectivity index (χ2v) is 7.83. The minimum Gasteiger partial charge on any atom is -0.481 e. The van der Waals surface area contributed by atoms with Crippen molar-refractivity contribution in [3.8, 4) is 0 Å². The molecule has 1 aliphatic carbocycles. The molecule has 0 spiro atoms. The molecule has 2 N–H and O–H groups in total. The van der Waals surface area contributed by atoms with Crippen molar-refractivity contribution in [3.05, 3.63) is 0 Å². The molecule has 132 valence electrons. The fourth-order valence-corrected chi connectivity index (χ4v) is 3.50. The Morgan fingerprint density at radius 2 is 1.83 bits per heavy atom. The highest BCUT2D eigenvalue weighted by atomic mass is 16.6. The van der Waals surface area contributed by atoms with E-state index in [1.807, 2.05) is 20.8 Å². The monoisotopic (exact) mass is 326 g/mol. The smallest absolute Gasteiger partial charge is 0.410 e. The quantitative estimate of drug-likeness (QED) is 0.833. The van der Waals surface area contributed by atoms with Crippen molar-refractivity contribution in [2.75, 3.05) is 13.1 Å². The van der Waals surface area contributed by atoms with Gasteiger partial charge in [-0.25, -0.2) is 4.79 Å². The summed E-state index contributed by atoms with van der Waals surface area (Å²) in [5, 5.41) is 12.8. The molecular weight excluding hydrogens is 296 g/mol. The Kier molecular flexibility index (Phi) is 5.89. The molecule has 1 aliphatic heterocycles. The Balaban J connectivity index is 1.84. The predicted molar refractivity (Wildman–Crippen MR) is 87.3 cm³/mol. The number of carbonyl (C=O) groups is 2. The Hall–Kier alpha value is -1.30. The van der Waals surface area contributed by atoms with E-state index in [-0.39, 0.29) is 24.1 Å². The molecule has 2 aliphatic rings. The Bertz CT molecular complexity index is 433. The van der Waals surface area contributed by atoms with Gasteiger partial charge in [0.05, 0.1) is 5.92 Å². The number of likely N-dealkylation sites (tertiary alicyclic amines) is 1. The minimum absolute atomic E-state index is 0.230. The highest BCUT2D eigenvalue weighted by Gasteiger charge is 2.31. The fourth-order valence-electron chi connectivity index (χ4n) is 3.50. The first-order valence-electron chi connectivity index (χ1n) is 8.71. The summed E-state index contributed by atoms with van der Waals surface area (Å²) in [6, 6.07) is 0.474. The first-order chi connectivity index (χ1) is 10.7. The maximum atomic E-state index is 12.2. The average molecular weight is 326 g/mol. The molecule has 0 aromatic heterocycles. The van der Waals surface area contributed by atoms with Gasteiger partial charge in [-0.05, 0) is 52.9 Å². The number of amides is 1. The second kappa shape index (κ2) is 7.51. The zero-order valence-electron chi connectivity index (χ0n) is 14.5. The predicted octanol–water partition coefficient (Wildman–Crippen LogP) is 2.62. The van der Waals surface area contributed by atoms with Gasteiger partial charge >= 0.3 is 12.1 Å². The van der Waals surface area contributed by atoms with Gasteiger partial charge in [-0.2, -0.15) is 0 Å². The van der Waals surface area contributed by atoms with Crippen LogP contribution in [0.1, 0.15) is 59.3 Å². The van der Waals surface area contributed by atoms with E-state index in [0.717, 1.165) is 38.6 Å². The molecule has 6 heteroatoms. The number of carbonyl (C=O) groups excluding carboxylic acids is 1. The zero-order valence-corrected chi connectivity index (χ0v) is 14.5. The molecule has 0 aromatic rings. The van der Waals surface area contributed by atoms with Crippen LogP contribution in [0.25, 0.3) is 0 Å². The lowest BCUT2D eigenvalue weighted by atomic mass is 9.85. The standard InChI is InChI=1S/C17H30N2O4/c1-17(2,3)23-16(22)19-9-5-8-14(11-19)18-13-7-4-6-12(10-13)15(20)21/h12-14,18H,4-11H2,1-3H3,(H,20,21). The van der Waals surface area contributed by atoms with Crippen LogP contribution in [0.15, 0.2) is 0 Å². The van der Waals surface area contributed by atoms with Gasteiger partial charge < -0.3 is 20.1 Å². The molecule has 0 bridgehead atoms. The number of aliphatic carboxylic acids is 1. The maximum Gasteiger partial charge on any atom is 0.410 e. The summed E-state index contributed by atoms with van der Waals surface area (Å²) in [5.74, 6) is -0.915. The molecule has 23 heavy (non-hydrogen) atoms. The topological polar surface area (TPSA) is 78.9 Å². The van der Waals surface area contributed by atoms with Crippen molar-refractivity contribution in [2.24, 2.45) is 5.92 Å². The number of ether oxygens (including phenoxy) is 1. The van der Waals surface area contributed by atoms with Crippen molar-refractivity contribution in [1.29, 1.82) is 0 Å². The lowest BCUT2D eigenvalue weighted by Crippen LogP contribution is -2.52. The van der Waals surface area contributed by atoms with Crippen LogP contribution in [0, 0.1) is 5.92 Å². The number of piperidine rings is 1. The van der Waals surface area contributed by atoms with Crippen LogP contribution in [0.2, 0.25) is 0 Å². The van der Waals surface area contributed by atoms with E-state index in [2.05, 4.69) is 5.32 Å². The molecule has 2 fully saturated rings. The number of hydrogen-bond donors (Lipinski definition) is 2. The third-order valence-corrected chi connectivity index (χ3v) is 4.57. The molecule has 1 saturated heterocycles.